The van der Waals surface area contributed by atoms with Crippen molar-refractivity contribution < 1.29 is 24.2 Å². The summed E-state index contributed by atoms with van der Waals surface area (Å²) in [6.07, 6.45) is -0.262. The average Bonchev–Trinajstić information content (AvgIpc) is 2.98. The predicted octanol–water partition coefficient (Wildman–Crippen LogP) is 2.70. The highest BCUT2D eigenvalue weighted by Crippen LogP contribution is 2.24. The number of rotatable bonds is 7. The van der Waals surface area contributed by atoms with Gasteiger partial charge in [0, 0.05) is 0 Å². The summed E-state index contributed by atoms with van der Waals surface area (Å²) in [5, 5.41) is 11.8. The Morgan fingerprint density at radius 2 is 1.73 bits per heavy atom. The molecule has 6 nitrogen and oxygen atoms in total. The molecule has 3 rings (SSSR count). The summed E-state index contributed by atoms with van der Waals surface area (Å²) in [6.45, 7) is 0.126. The lowest BCUT2D eigenvalue weighted by Gasteiger charge is -2.13. The first-order valence-electron chi connectivity index (χ1n) is 8.10. The van der Waals surface area contributed by atoms with Gasteiger partial charge in [0.2, 0.25) is 5.91 Å². The molecule has 1 aliphatic rings. The van der Waals surface area contributed by atoms with E-state index in [4.69, 9.17) is 9.47 Å². The molecule has 2 N–H and O–H groups in total. The van der Waals surface area contributed by atoms with Crippen molar-refractivity contribution in [1.82, 2.24) is 5.32 Å². The Hall–Kier alpha value is -2.51. The Labute approximate surface area is 155 Å². The van der Waals surface area contributed by atoms with E-state index >= 15 is 0 Å². The fourth-order valence-corrected chi connectivity index (χ4v) is 3.42. The molecule has 0 bridgehead atoms. The molecule has 1 heterocycles. The van der Waals surface area contributed by atoms with E-state index in [2.05, 4.69) is 5.32 Å². The zero-order chi connectivity index (χ0) is 18.5. The second-order valence-electron chi connectivity index (χ2n) is 5.83. The van der Waals surface area contributed by atoms with Gasteiger partial charge in [0.05, 0.1) is 12.4 Å². The Morgan fingerprint density at radius 3 is 2.31 bits per heavy atom. The number of carbonyl (C=O) groups excluding carboxylic acids is 2. The maximum atomic E-state index is 11.6. The Morgan fingerprint density at radius 1 is 1.08 bits per heavy atom. The van der Waals surface area contributed by atoms with Crippen LogP contribution in [0.5, 0.6) is 11.5 Å². The normalized spacial score (nSPS) is 17.7. The molecule has 2 amide bonds. The highest BCUT2D eigenvalue weighted by atomic mass is 32.2. The van der Waals surface area contributed by atoms with Crippen LogP contribution in [0.25, 0.3) is 0 Å². The molecule has 2 atom stereocenters. The second-order valence-corrected chi connectivity index (χ2v) is 7.01. The summed E-state index contributed by atoms with van der Waals surface area (Å²) in [7, 11) is 1.59. The molecule has 26 heavy (non-hydrogen) atoms. The van der Waals surface area contributed by atoms with Crippen molar-refractivity contribution in [1.29, 1.82) is 0 Å². The number of aliphatic hydroxyl groups excluding tert-OH is 1. The van der Waals surface area contributed by atoms with Crippen molar-refractivity contribution >= 4 is 22.9 Å². The summed E-state index contributed by atoms with van der Waals surface area (Å²) >= 11 is 1.01. The summed E-state index contributed by atoms with van der Waals surface area (Å²) in [4.78, 5) is 22.8. The summed E-state index contributed by atoms with van der Waals surface area (Å²) in [6, 6.07) is 14.4. The summed E-state index contributed by atoms with van der Waals surface area (Å²) < 4.78 is 10.7. The van der Waals surface area contributed by atoms with Gasteiger partial charge in [0.25, 0.3) is 5.24 Å². The fraction of sp³-hybridized carbons (Fsp3) is 0.263. The number of methoxy groups -OCH3 is 1. The summed E-state index contributed by atoms with van der Waals surface area (Å²) in [5.41, 5.74) is 1.69. The van der Waals surface area contributed by atoms with E-state index in [0.717, 1.165) is 28.6 Å². The van der Waals surface area contributed by atoms with Gasteiger partial charge >= 0.3 is 0 Å². The first-order chi connectivity index (χ1) is 12.5. The van der Waals surface area contributed by atoms with Crippen LogP contribution in [0.15, 0.2) is 48.5 Å². The topological polar surface area (TPSA) is 84.9 Å². The molecule has 2 aromatic carbocycles. The van der Waals surface area contributed by atoms with E-state index in [-0.39, 0.29) is 23.0 Å². The Bertz CT molecular complexity index is 776. The number of ether oxygens (including phenoxy) is 2. The first-order valence-corrected chi connectivity index (χ1v) is 8.98. The standard InChI is InChI=1S/C19H19NO5S/c1-24-14-8-4-13(5-9-14)16(21)11-25-15-6-2-12(3-7-15)10-17-18(22)20-19(23)26-17/h2-9,16-17,21H,10-11H2,1H3,(H,20,22,23)/t16-,17?/m1/s1. The number of carbonyl (C=O) groups is 2. The van der Waals surface area contributed by atoms with Crippen molar-refractivity contribution in [2.24, 2.45) is 0 Å². The third kappa shape index (κ3) is 4.56. The van der Waals surface area contributed by atoms with Gasteiger partial charge in [-0.2, -0.15) is 0 Å². The van der Waals surface area contributed by atoms with Crippen molar-refractivity contribution in [2.75, 3.05) is 13.7 Å². The van der Waals surface area contributed by atoms with Crippen LogP contribution >= 0.6 is 11.8 Å². The predicted molar refractivity (Wildman–Crippen MR) is 98.5 cm³/mol. The molecule has 0 spiro atoms. The van der Waals surface area contributed by atoms with Gasteiger partial charge in [-0.3, -0.25) is 14.9 Å². The maximum absolute atomic E-state index is 11.6. The molecule has 1 saturated heterocycles. The van der Waals surface area contributed by atoms with E-state index in [9.17, 15) is 14.7 Å². The lowest BCUT2D eigenvalue weighted by molar-refractivity contribution is -0.118. The van der Waals surface area contributed by atoms with Gasteiger partial charge < -0.3 is 14.6 Å². The van der Waals surface area contributed by atoms with Crippen LogP contribution in [0.1, 0.15) is 17.2 Å². The van der Waals surface area contributed by atoms with E-state index in [1.165, 1.54) is 0 Å². The van der Waals surface area contributed by atoms with Gasteiger partial charge in [-0.05, 0) is 41.8 Å². The van der Waals surface area contributed by atoms with Gasteiger partial charge in [-0.25, -0.2) is 0 Å². The number of thioether (sulfide) groups is 1. The molecular formula is C19H19NO5S. The number of imide groups is 1. The monoisotopic (exact) mass is 373 g/mol. The lowest BCUT2D eigenvalue weighted by atomic mass is 10.1. The van der Waals surface area contributed by atoms with E-state index < -0.39 is 6.10 Å². The first kappa shape index (κ1) is 18.3. The lowest BCUT2D eigenvalue weighted by Crippen LogP contribution is -2.25. The average molecular weight is 373 g/mol. The molecular weight excluding hydrogens is 354 g/mol. The number of hydrogen-bond donors (Lipinski definition) is 2. The van der Waals surface area contributed by atoms with Crippen LogP contribution < -0.4 is 14.8 Å². The largest absolute Gasteiger partial charge is 0.497 e. The van der Waals surface area contributed by atoms with Crippen LogP contribution in [0.2, 0.25) is 0 Å². The molecule has 0 aliphatic carbocycles. The smallest absolute Gasteiger partial charge is 0.286 e. The maximum Gasteiger partial charge on any atom is 0.286 e. The minimum atomic E-state index is -0.745. The van der Waals surface area contributed by atoms with Gasteiger partial charge in [0.15, 0.2) is 0 Å². The Balaban J connectivity index is 1.52. The quantitative estimate of drug-likeness (QED) is 0.776. The molecule has 0 saturated carbocycles. The number of nitrogens with one attached hydrogen (secondary N) is 1. The van der Waals surface area contributed by atoms with Crippen molar-refractivity contribution in [3.05, 3.63) is 59.7 Å². The third-order valence-electron chi connectivity index (χ3n) is 4.02. The van der Waals surface area contributed by atoms with Gasteiger partial charge in [-0.1, -0.05) is 36.0 Å². The molecule has 0 radical (unpaired) electrons. The van der Waals surface area contributed by atoms with Gasteiger partial charge in [-0.15, -0.1) is 0 Å². The zero-order valence-electron chi connectivity index (χ0n) is 14.2. The molecule has 1 unspecified atom stereocenters. The van der Waals surface area contributed by atoms with Crippen LogP contribution in [-0.2, 0) is 11.2 Å². The molecule has 136 valence electrons. The number of aliphatic hydroxyl groups is 1. The van der Waals surface area contributed by atoms with Gasteiger partial charge in [0.1, 0.15) is 24.2 Å². The van der Waals surface area contributed by atoms with E-state index in [0.29, 0.717) is 12.2 Å². The SMILES string of the molecule is COc1ccc([C@H](O)COc2ccc(CC3SC(=O)NC3=O)cc2)cc1. The molecule has 1 aliphatic heterocycles. The molecule has 2 aromatic rings. The fourth-order valence-electron chi connectivity index (χ4n) is 2.56. The highest BCUT2D eigenvalue weighted by molar-refractivity contribution is 8.15. The molecule has 7 heteroatoms. The van der Waals surface area contributed by atoms with E-state index in [1.54, 1.807) is 43.5 Å². The molecule has 1 fully saturated rings. The number of hydrogen-bond acceptors (Lipinski definition) is 6. The van der Waals surface area contributed by atoms with E-state index in [1.807, 2.05) is 12.1 Å². The number of amides is 2. The minimum Gasteiger partial charge on any atom is -0.497 e. The van der Waals surface area contributed by atoms with Crippen LogP contribution in [0.4, 0.5) is 4.79 Å². The zero-order valence-corrected chi connectivity index (χ0v) is 15.0. The second kappa shape index (κ2) is 8.25. The number of benzene rings is 2. The summed E-state index contributed by atoms with van der Waals surface area (Å²) in [5.74, 6) is 1.11. The highest BCUT2D eigenvalue weighted by Gasteiger charge is 2.31. The molecule has 0 aromatic heterocycles. The van der Waals surface area contributed by atoms with Crippen molar-refractivity contribution in [3.63, 3.8) is 0 Å². The van der Waals surface area contributed by atoms with Crippen molar-refractivity contribution in [2.45, 2.75) is 17.8 Å². The van der Waals surface area contributed by atoms with Crippen molar-refractivity contribution in [3.8, 4) is 11.5 Å². The third-order valence-corrected chi connectivity index (χ3v) is 5.00. The van der Waals surface area contributed by atoms with Crippen LogP contribution in [0.3, 0.4) is 0 Å². The van der Waals surface area contributed by atoms with Crippen LogP contribution in [0, 0.1) is 0 Å². The van der Waals surface area contributed by atoms with Crippen LogP contribution in [-0.4, -0.2) is 35.2 Å². The minimum absolute atomic E-state index is 0.126. The Kier molecular flexibility index (Phi) is 5.80.